The van der Waals surface area contributed by atoms with Gasteiger partial charge in [-0.15, -0.1) is 11.3 Å². The number of nitrogens with one attached hydrogen (secondary N) is 1. The van der Waals surface area contributed by atoms with Gasteiger partial charge in [0.25, 0.3) is 0 Å². The Morgan fingerprint density at radius 3 is 2.95 bits per heavy atom. The third kappa shape index (κ3) is 2.94. The smallest absolute Gasteiger partial charge is 0.0794 e. The summed E-state index contributed by atoms with van der Waals surface area (Å²) in [6.07, 6.45) is 7.25. The first-order valence-corrected chi connectivity index (χ1v) is 8.48. The molecule has 2 nitrogen and oxygen atoms in total. The molecule has 1 aliphatic carbocycles. The molecule has 106 valence electrons. The van der Waals surface area contributed by atoms with Crippen LogP contribution < -0.4 is 5.32 Å². The van der Waals surface area contributed by atoms with E-state index in [0.717, 1.165) is 18.9 Å². The molecule has 0 saturated heterocycles. The monoisotopic (exact) mass is 286 g/mol. The van der Waals surface area contributed by atoms with Crippen LogP contribution in [0.25, 0.3) is 0 Å². The second kappa shape index (κ2) is 6.51. The maximum Gasteiger partial charge on any atom is 0.0794 e. The van der Waals surface area contributed by atoms with Crippen LogP contribution in [0.4, 0.5) is 0 Å². The minimum Gasteiger partial charge on any atom is -0.306 e. The second-order valence-corrected chi connectivity index (χ2v) is 6.51. The SMILES string of the molecule is CCCNC(c1cccc(C2CCC2)c1)c1cncs1. The molecular weight excluding hydrogens is 264 g/mol. The third-order valence-electron chi connectivity index (χ3n) is 4.15. The topological polar surface area (TPSA) is 24.9 Å². The molecule has 0 aliphatic heterocycles. The molecule has 1 aromatic heterocycles. The molecule has 1 saturated carbocycles. The van der Waals surface area contributed by atoms with Crippen molar-refractivity contribution in [1.82, 2.24) is 10.3 Å². The van der Waals surface area contributed by atoms with E-state index in [4.69, 9.17) is 0 Å². The molecule has 0 amide bonds. The highest BCUT2D eigenvalue weighted by Gasteiger charge is 2.21. The van der Waals surface area contributed by atoms with Gasteiger partial charge in [0.1, 0.15) is 0 Å². The Morgan fingerprint density at radius 1 is 1.40 bits per heavy atom. The van der Waals surface area contributed by atoms with Gasteiger partial charge in [-0.05, 0) is 42.9 Å². The lowest BCUT2D eigenvalue weighted by Crippen LogP contribution is -2.22. The van der Waals surface area contributed by atoms with E-state index in [1.165, 1.54) is 35.3 Å². The molecule has 3 heteroatoms. The minimum atomic E-state index is 0.294. The molecular formula is C17H22N2S. The third-order valence-corrected chi connectivity index (χ3v) is 5.00. The molecule has 20 heavy (non-hydrogen) atoms. The summed E-state index contributed by atoms with van der Waals surface area (Å²) < 4.78 is 0. The predicted octanol–water partition coefficient (Wildman–Crippen LogP) is 4.50. The lowest BCUT2D eigenvalue weighted by Gasteiger charge is -2.27. The number of aromatic nitrogens is 1. The zero-order valence-electron chi connectivity index (χ0n) is 12.0. The molecule has 1 unspecified atom stereocenters. The van der Waals surface area contributed by atoms with Crippen LogP contribution in [-0.4, -0.2) is 11.5 Å². The van der Waals surface area contributed by atoms with Crippen LogP contribution >= 0.6 is 11.3 Å². The molecule has 1 fully saturated rings. The number of benzene rings is 1. The zero-order chi connectivity index (χ0) is 13.8. The van der Waals surface area contributed by atoms with Gasteiger partial charge in [-0.25, -0.2) is 0 Å². The average Bonchev–Trinajstić information content (AvgIpc) is 2.92. The highest BCUT2D eigenvalue weighted by atomic mass is 32.1. The van der Waals surface area contributed by atoms with Crippen LogP contribution in [0.2, 0.25) is 0 Å². The largest absolute Gasteiger partial charge is 0.306 e. The van der Waals surface area contributed by atoms with Crippen molar-refractivity contribution in [2.75, 3.05) is 6.54 Å². The van der Waals surface area contributed by atoms with Crippen LogP contribution in [0.1, 0.15) is 60.6 Å². The maximum absolute atomic E-state index is 4.24. The van der Waals surface area contributed by atoms with Crippen LogP contribution in [0, 0.1) is 0 Å². The molecule has 2 aromatic rings. The summed E-state index contributed by atoms with van der Waals surface area (Å²) in [5.41, 5.74) is 4.82. The molecule has 1 aliphatic rings. The first-order valence-electron chi connectivity index (χ1n) is 7.60. The molecule has 1 atom stereocenters. The Balaban J connectivity index is 1.86. The quantitative estimate of drug-likeness (QED) is 0.845. The Bertz CT molecular complexity index is 532. The van der Waals surface area contributed by atoms with Crippen molar-refractivity contribution in [3.8, 4) is 0 Å². The van der Waals surface area contributed by atoms with Crippen molar-refractivity contribution in [3.63, 3.8) is 0 Å². The predicted molar refractivity (Wildman–Crippen MR) is 85.3 cm³/mol. The van der Waals surface area contributed by atoms with E-state index in [9.17, 15) is 0 Å². The van der Waals surface area contributed by atoms with Crippen molar-refractivity contribution in [3.05, 3.63) is 52.0 Å². The fourth-order valence-electron chi connectivity index (χ4n) is 2.77. The van der Waals surface area contributed by atoms with Crippen molar-refractivity contribution in [2.24, 2.45) is 0 Å². The molecule has 0 bridgehead atoms. The van der Waals surface area contributed by atoms with Gasteiger partial charge in [0.2, 0.25) is 0 Å². The van der Waals surface area contributed by atoms with Crippen molar-refractivity contribution >= 4 is 11.3 Å². The first-order chi connectivity index (χ1) is 9.88. The van der Waals surface area contributed by atoms with E-state index >= 15 is 0 Å². The highest BCUT2D eigenvalue weighted by Crippen LogP contribution is 2.37. The Labute approximate surface area is 125 Å². The number of hydrogen-bond acceptors (Lipinski definition) is 3. The van der Waals surface area contributed by atoms with Crippen molar-refractivity contribution in [2.45, 2.75) is 44.6 Å². The summed E-state index contributed by atoms with van der Waals surface area (Å²) in [4.78, 5) is 5.55. The molecule has 1 heterocycles. The van der Waals surface area contributed by atoms with Crippen LogP contribution in [0.15, 0.2) is 36.0 Å². The van der Waals surface area contributed by atoms with Gasteiger partial charge in [-0.3, -0.25) is 4.98 Å². The van der Waals surface area contributed by atoms with Gasteiger partial charge in [0, 0.05) is 11.1 Å². The van der Waals surface area contributed by atoms with Crippen molar-refractivity contribution in [1.29, 1.82) is 0 Å². The van der Waals surface area contributed by atoms with Gasteiger partial charge in [-0.1, -0.05) is 37.6 Å². The van der Waals surface area contributed by atoms with E-state index in [1.807, 2.05) is 11.7 Å². The molecule has 1 aromatic carbocycles. The van der Waals surface area contributed by atoms with Gasteiger partial charge in [0.05, 0.1) is 11.6 Å². The van der Waals surface area contributed by atoms with E-state index in [2.05, 4.69) is 41.5 Å². The second-order valence-electron chi connectivity index (χ2n) is 5.59. The number of rotatable bonds is 6. The zero-order valence-corrected chi connectivity index (χ0v) is 12.8. The van der Waals surface area contributed by atoms with Crippen LogP contribution in [0.3, 0.4) is 0 Å². The fourth-order valence-corrected chi connectivity index (χ4v) is 3.49. The summed E-state index contributed by atoms with van der Waals surface area (Å²) in [7, 11) is 0. The lowest BCUT2D eigenvalue weighted by molar-refractivity contribution is 0.419. The summed E-state index contributed by atoms with van der Waals surface area (Å²) in [6.45, 7) is 3.25. The average molecular weight is 286 g/mol. The van der Waals surface area contributed by atoms with Gasteiger partial charge < -0.3 is 5.32 Å². The summed E-state index contributed by atoms with van der Waals surface area (Å²) in [6, 6.07) is 9.44. The number of hydrogen-bond donors (Lipinski definition) is 1. The fraction of sp³-hybridized carbons (Fsp3) is 0.471. The Morgan fingerprint density at radius 2 is 2.30 bits per heavy atom. The van der Waals surface area contributed by atoms with Gasteiger partial charge >= 0.3 is 0 Å². The molecule has 0 spiro atoms. The van der Waals surface area contributed by atoms with Gasteiger partial charge in [0.15, 0.2) is 0 Å². The lowest BCUT2D eigenvalue weighted by atomic mass is 9.79. The van der Waals surface area contributed by atoms with Crippen molar-refractivity contribution < 1.29 is 0 Å². The van der Waals surface area contributed by atoms with E-state index in [0.29, 0.717) is 6.04 Å². The van der Waals surface area contributed by atoms with E-state index < -0.39 is 0 Å². The summed E-state index contributed by atoms with van der Waals surface area (Å²) in [5, 5.41) is 3.66. The van der Waals surface area contributed by atoms with E-state index in [1.54, 1.807) is 11.3 Å². The maximum atomic E-state index is 4.24. The molecule has 3 rings (SSSR count). The summed E-state index contributed by atoms with van der Waals surface area (Å²) in [5.74, 6) is 0.795. The number of thiazole rings is 1. The Kier molecular flexibility index (Phi) is 4.48. The Hall–Kier alpha value is -1.19. The van der Waals surface area contributed by atoms with E-state index in [-0.39, 0.29) is 0 Å². The standard InChI is InChI=1S/C17H22N2S/c1-2-9-19-17(16-11-18-12-20-16)15-8-4-7-14(10-15)13-5-3-6-13/h4,7-8,10-13,17,19H,2-3,5-6,9H2,1H3. The highest BCUT2D eigenvalue weighted by molar-refractivity contribution is 7.09. The minimum absolute atomic E-state index is 0.294. The first kappa shape index (κ1) is 13.8. The normalized spacial score (nSPS) is 16.9. The van der Waals surface area contributed by atoms with Gasteiger partial charge in [-0.2, -0.15) is 0 Å². The van der Waals surface area contributed by atoms with Crippen LogP contribution in [-0.2, 0) is 0 Å². The van der Waals surface area contributed by atoms with Crippen LogP contribution in [0.5, 0.6) is 0 Å². The molecule has 1 N–H and O–H groups in total. The summed E-state index contributed by atoms with van der Waals surface area (Å²) >= 11 is 1.74. The number of nitrogens with zero attached hydrogens (tertiary/aromatic N) is 1. The molecule has 0 radical (unpaired) electrons.